The molecule has 0 bridgehead atoms. The number of benzene rings is 1. The molecule has 2 aromatic rings. The van der Waals surface area contributed by atoms with Crippen molar-refractivity contribution >= 4 is 16.8 Å². The van der Waals surface area contributed by atoms with Crippen LogP contribution in [0.5, 0.6) is 0 Å². The Morgan fingerprint density at radius 3 is 3.12 bits per heavy atom. The number of oxazole rings is 1. The third-order valence-corrected chi connectivity index (χ3v) is 2.52. The Morgan fingerprint density at radius 1 is 1.53 bits per heavy atom. The van der Waals surface area contributed by atoms with Crippen molar-refractivity contribution < 1.29 is 9.15 Å². The molecule has 0 amide bonds. The number of aromatic nitrogens is 1. The summed E-state index contributed by atoms with van der Waals surface area (Å²) in [6.07, 6.45) is 0. The van der Waals surface area contributed by atoms with Crippen LogP contribution in [0.2, 0.25) is 0 Å². The Labute approximate surface area is 98.8 Å². The normalized spacial score (nSPS) is 12.8. The second-order valence-corrected chi connectivity index (χ2v) is 4.17. The molecule has 0 saturated heterocycles. The van der Waals surface area contributed by atoms with Gasteiger partial charge in [0, 0.05) is 19.3 Å². The summed E-state index contributed by atoms with van der Waals surface area (Å²) in [7, 11) is 1.69. The molecule has 0 fully saturated rings. The molecule has 0 aliphatic carbocycles. The molecule has 0 radical (unpaired) electrons. The lowest BCUT2D eigenvalue weighted by Crippen LogP contribution is -2.15. The first-order valence-corrected chi connectivity index (χ1v) is 5.54. The fourth-order valence-corrected chi connectivity index (χ4v) is 1.70. The maximum Gasteiger partial charge on any atom is 0.417 e. The molecular weight excluding hydrogens is 220 g/mol. The Morgan fingerprint density at radius 2 is 2.35 bits per heavy atom. The van der Waals surface area contributed by atoms with Gasteiger partial charge in [0.15, 0.2) is 5.58 Å². The van der Waals surface area contributed by atoms with Gasteiger partial charge in [0.25, 0.3) is 0 Å². The third kappa shape index (κ3) is 2.88. The van der Waals surface area contributed by atoms with Gasteiger partial charge in [-0.3, -0.25) is 4.98 Å². The molecule has 1 unspecified atom stereocenters. The van der Waals surface area contributed by atoms with Crippen LogP contribution in [0.25, 0.3) is 11.1 Å². The molecule has 5 heteroatoms. The maximum absolute atomic E-state index is 11.0. The zero-order chi connectivity index (χ0) is 12.3. The highest BCUT2D eigenvalue weighted by molar-refractivity contribution is 5.76. The van der Waals surface area contributed by atoms with Crippen molar-refractivity contribution in [3.63, 3.8) is 0 Å². The first kappa shape index (κ1) is 11.7. The van der Waals surface area contributed by atoms with Crippen LogP contribution in [-0.4, -0.2) is 25.2 Å². The molecule has 2 rings (SSSR count). The topological polar surface area (TPSA) is 67.3 Å². The molecule has 0 spiro atoms. The number of fused-ring (bicyclic) bond motifs is 1. The smallest absolute Gasteiger partial charge is 0.408 e. The van der Waals surface area contributed by atoms with E-state index in [1.807, 2.05) is 12.1 Å². The van der Waals surface area contributed by atoms with Gasteiger partial charge in [0.05, 0.1) is 12.1 Å². The lowest BCUT2D eigenvalue weighted by molar-refractivity contribution is 0.164. The second-order valence-electron chi connectivity index (χ2n) is 4.17. The Hall–Kier alpha value is -1.75. The highest BCUT2D eigenvalue weighted by Gasteiger charge is 2.04. The monoisotopic (exact) mass is 236 g/mol. The fraction of sp³-hybridized carbons (Fsp3) is 0.417. The van der Waals surface area contributed by atoms with E-state index in [4.69, 9.17) is 9.15 Å². The number of hydrogen-bond acceptors (Lipinski definition) is 4. The molecule has 5 nitrogen and oxygen atoms in total. The Bertz CT molecular complexity index is 544. The second kappa shape index (κ2) is 5.05. The predicted molar refractivity (Wildman–Crippen MR) is 66.4 cm³/mol. The Balaban J connectivity index is 2.06. The van der Waals surface area contributed by atoms with Crippen molar-refractivity contribution in [2.45, 2.75) is 6.92 Å². The van der Waals surface area contributed by atoms with E-state index in [0.29, 0.717) is 17.0 Å². The van der Waals surface area contributed by atoms with Crippen molar-refractivity contribution in [3.8, 4) is 0 Å². The van der Waals surface area contributed by atoms with Crippen LogP contribution in [0.1, 0.15) is 6.92 Å². The minimum atomic E-state index is -0.426. The van der Waals surface area contributed by atoms with Crippen LogP contribution >= 0.6 is 0 Å². The van der Waals surface area contributed by atoms with Gasteiger partial charge in [-0.25, -0.2) is 4.79 Å². The van der Waals surface area contributed by atoms with Gasteiger partial charge in [0.2, 0.25) is 0 Å². The van der Waals surface area contributed by atoms with Gasteiger partial charge >= 0.3 is 5.76 Å². The number of hydrogen-bond donors (Lipinski definition) is 2. The van der Waals surface area contributed by atoms with Gasteiger partial charge in [-0.1, -0.05) is 6.92 Å². The number of ether oxygens (including phenoxy) is 1. The minimum Gasteiger partial charge on any atom is -0.408 e. The zero-order valence-electron chi connectivity index (χ0n) is 9.95. The molecular formula is C12H16N2O3. The number of nitrogens with one attached hydrogen (secondary N) is 2. The van der Waals surface area contributed by atoms with E-state index in [1.54, 1.807) is 13.2 Å². The number of anilines is 1. The molecule has 92 valence electrons. The van der Waals surface area contributed by atoms with Crippen molar-refractivity contribution in [1.82, 2.24) is 4.98 Å². The van der Waals surface area contributed by atoms with E-state index >= 15 is 0 Å². The van der Waals surface area contributed by atoms with Crippen molar-refractivity contribution in [1.29, 1.82) is 0 Å². The Kier molecular flexibility index (Phi) is 3.49. The SMILES string of the molecule is COCC(C)CNc1ccc2oc(=O)[nH]c2c1. The summed E-state index contributed by atoms with van der Waals surface area (Å²) in [6.45, 7) is 3.65. The van der Waals surface area contributed by atoms with Gasteiger partial charge in [0.1, 0.15) is 0 Å². The number of H-pyrrole nitrogens is 1. The van der Waals surface area contributed by atoms with Gasteiger partial charge in [-0.05, 0) is 24.1 Å². The number of aromatic amines is 1. The molecule has 0 aliphatic heterocycles. The molecule has 0 saturated carbocycles. The summed E-state index contributed by atoms with van der Waals surface area (Å²) in [5.41, 5.74) is 2.24. The highest BCUT2D eigenvalue weighted by atomic mass is 16.5. The summed E-state index contributed by atoms with van der Waals surface area (Å²) in [6, 6.07) is 5.52. The summed E-state index contributed by atoms with van der Waals surface area (Å²) >= 11 is 0. The minimum absolute atomic E-state index is 0.426. The highest BCUT2D eigenvalue weighted by Crippen LogP contribution is 2.16. The van der Waals surface area contributed by atoms with Crippen LogP contribution in [0.15, 0.2) is 27.4 Å². The summed E-state index contributed by atoms with van der Waals surface area (Å²) in [5, 5.41) is 3.29. The lowest BCUT2D eigenvalue weighted by atomic mass is 10.2. The standard InChI is InChI=1S/C12H16N2O3/c1-8(7-16-2)6-13-9-3-4-11-10(5-9)14-12(15)17-11/h3-5,8,13H,6-7H2,1-2H3,(H,14,15). The first-order chi connectivity index (χ1) is 8.19. The average Bonchev–Trinajstić information content (AvgIpc) is 2.66. The van der Waals surface area contributed by atoms with Crippen LogP contribution in [0.3, 0.4) is 0 Å². The summed E-state index contributed by atoms with van der Waals surface area (Å²) < 4.78 is 9.99. The largest absolute Gasteiger partial charge is 0.417 e. The van der Waals surface area contributed by atoms with E-state index in [2.05, 4.69) is 17.2 Å². The predicted octanol–water partition coefficient (Wildman–Crippen LogP) is 1.82. The quantitative estimate of drug-likeness (QED) is 0.831. The van der Waals surface area contributed by atoms with Gasteiger partial charge in [-0.2, -0.15) is 0 Å². The number of methoxy groups -OCH3 is 1. The van der Waals surface area contributed by atoms with E-state index in [-0.39, 0.29) is 0 Å². The van der Waals surface area contributed by atoms with Gasteiger partial charge in [-0.15, -0.1) is 0 Å². The zero-order valence-corrected chi connectivity index (χ0v) is 9.95. The van der Waals surface area contributed by atoms with E-state index < -0.39 is 5.76 Å². The van der Waals surface area contributed by atoms with Crippen LogP contribution in [-0.2, 0) is 4.74 Å². The summed E-state index contributed by atoms with van der Waals surface area (Å²) in [5.74, 6) is 0.00370. The average molecular weight is 236 g/mol. The maximum atomic E-state index is 11.0. The summed E-state index contributed by atoms with van der Waals surface area (Å²) in [4.78, 5) is 13.6. The van der Waals surface area contributed by atoms with Crippen LogP contribution in [0.4, 0.5) is 5.69 Å². The van der Waals surface area contributed by atoms with E-state index in [9.17, 15) is 4.79 Å². The first-order valence-electron chi connectivity index (χ1n) is 5.54. The van der Waals surface area contributed by atoms with E-state index in [1.165, 1.54) is 0 Å². The van der Waals surface area contributed by atoms with Gasteiger partial charge < -0.3 is 14.5 Å². The van der Waals surface area contributed by atoms with Crippen molar-refractivity contribution in [2.24, 2.45) is 5.92 Å². The molecule has 1 aromatic heterocycles. The van der Waals surface area contributed by atoms with Crippen molar-refractivity contribution in [2.75, 3.05) is 25.6 Å². The van der Waals surface area contributed by atoms with Crippen LogP contribution in [0, 0.1) is 5.92 Å². The molecule has 1 heterocycles. The third-order valence-electron chi connectivity index (χ3n) is 2.52. The van der Waals surface area contributed by atoms with Crippen molar-refractivity contribution in [3.05, 3.63) is 28.7 Å². The lowest BCUT2D eigenvalue weighted by Gasteiger charge is -2.12. The molecule has 1 atom stereocenters. The number of rotatable bonds is 5. The fourth-order valence-electron chi connectivity index (χ4n) is 1.70. The molecule has 17 heavy (non-hydrogen) atoms. The van der Waals surface area contributed by atoms with Crippen LogP contribution < -0.4 is 11.1 Å². The molecule has 2 N–H and O–H groups in total. The molecule has 0 aliphatic rings. The van der Waals surface area contributed by atoms with E-state index in [0.717, 1.165) is 18.8 Å². The molecule has 1 aromatic carbocycles.